The summed E-state index contributed by atoms with van der Waals surface area (Å²) >= 11 is 0. The molecule has 1 aliphatic heterocycles. The SMILES string of the molecule is C=CCN(C[C@H]1O[C@@H](c2ccc(CNC(=O)NC34CC5CC(CC(C5)C3)C4)cc2)O[C@@H](c2ccc(CO)cc2)[C@H]1C)C1CCCC1. The van der Waals surface area contributed by atoms with Gasteiger partial charge in [-0.1, -0.05) is 74.4 Å². The van der Waals surface area contributed by atoms with Gasteiger partial charge in [0, 0.05) is 42.7 Å². The van der Waals surface area contributed by atoms with Gasteiger partial charge in [0.05, 0.1) is 18.8 Å². The van der Waals surface area contributed by atoms with Crippen molar-refractivity contribution in [3.05, 3.63) is 83.4 Å². The van der Waals surface area contributed by atoms with E-state index in [-0.39, 0.29) is 36.3 Å². The smallest absolute Gasteiger partial charge is 0.315 e. The molecule has 4 atom stereocenters. The lowest BCUT2D eigenvalue weighted by atomic mass is 9.53. The molecule has 3 N–H and O–H groups in total. The number of urea groups is 1. The molecule has 1 heterocycles. The van der Waals surface area contributed by atoms with E-state index < -0.39 is 6.29 Å². The molecular weight excluding hydrogens is 574 g/mol. The second-order valence-electron chi connectivity index (χ2n) is 15.2. The monoisotopic (exact) mass is 627 g/mol. The molecule has 6 aliphatic rings. The van der Waals surface area contributed by atoms with Crippen LogP contribution in [-0.4, -0.2) is 46.8 Å². The maximum Gasteiger partial charge on any atom is 0.315 e. The summed E-state index contributed by atoms with van der Waals surface area (Å²) < 4.78 is 13.5. The zero-order valence-electron chi connectivity index (χ0n) is 27.5. The highest BCUT2D eigenvalue weighted by Crippen LogP contribution is 2.55. The number of aliphatic hydroxyl groups is 1. The summed E-state index contributed by atoms with van der Waals surface area (Å²) in [5, 5.41) is 16.2. The molecule has 0 radical (unpaired) electrons. The Kier molecular flexibility index (Phi) is 9.56. The van der Waals surface area contributed by atoms with Crippen molar-refractivity contribution in [3.63, 3.8) is 0 Å². The third-order valence-electron chi connectivity index (χ3n) is 11.9. The number of amides is 2. The molecule has 0 unspecified atom stereocenters. The number of hydrogen-bond donors (Lipinski definition) is 3. The van der Waals surface area contributed by atoms with Crippen LogP contribution >= 0.6 is 0 Å². The average molecular weight is 628 g/mol. The molecule has 5 aliphatic carbocycles. The lowest BCUT2D eigenvalue weighted by Crippen LogP contribution is -2.61. The molecule has 7 nitrogen and oxygen atoms in total. The molecule has 8 rings (SSSR count). The van der Waals surface area contributed by atoms with Crippen molar-refractivity contribution >= 4 is 6.03 Å². The summed E-state index contributed by atoms with van der Waals surface area (Å²) in [4.78, 5) is 15.6. The Labute approximate surface area is 275 Å². The van der Waals surface area contributed by atoms with Crippen LogP contribution in [0.3, 0.4) is 0 Å². The fraction of sp³-hybridized carbons (Fsp3) is 0.615. The van der Waals surface area contributed by atoms with Gasteiger partial charge < -0.3 is 25.2 Å². The van der Waals surface area contributed by atoms with Crippen molar-refractivity contribution in [2.24, 2.45) is 23.7 Å². The van der Waals surface area contributed by atoms with Gasteiger partial charge in [-0.15, -0.1) is 6.58 Å². The number of rotatable bonds is 11. The summed E-state index contributed by atoms with van der Waals surface area (Å²) in [6, 6.07) is 17.0. The Morgan fingerprint density at radius 3 is 2.15 bits per heavy atom. The number of hydrogen-bond acceptors (Lipinski definition) is 5. The topological polar surface area (TPSA) is 83.1 Å². The largest absolute Gasteiger partial charge is 0.392 e. The Balaban J connectivity index is 1.02. The van der Waals surface area contributed by atoms with Gasteiger partial charge in [-0.3, -0.25) is 4.90 Å². The summed E-state index contributed by atoms with van der Waals surface area (Å²) in [6.45, 7) is 8.49. The molecule has 2 aromatic rings. The van der Waals surface area contributed by atoms with E-state index in [0.29, 0.717) is 12.6 Å². The van der Waals surface area contributed by atoms with Gasteiger partial charge in [0.25, 0.3) is 0 Å². The maximum atomic E-state index is 13.0. The van der Waals surface area contributed by atoms with Crippen molar-refractivity contribution in [3.8, 4) is 0 Å². The number of nitrogens with one attached hydrogen (secondary N) is 2. The molecule has 46 heavy (non-hydrogen) atoms. The molecule has 4 bridgehead atoms. The summed E-state index contributed by atoms with van der Waals surface area (Å²) in [5.41, 5.74) is 4.04. The third kappa shape index (κ3) is 6.94. The van der Waals surface area contributed by atoms with Crippen LogP contribution in [0.25, 0.3) is 0 Å². The van der Waals surface area contributed by atoms with E-state index in [1.165, 1.54) is 44.9 Å². The van der Waals surface area contributed by atoms with Gasteiger partial charge >= 0.3 is 6.03 Å². The van der Waals surface area contributed by atoms with Crippen LogP contribution in [0.15, 0.2) is 61.2 Å². The summed E-state index contributed by atoms with van der Waals surface area (Å²) in [7, 11) is 0. The molecule has 6 fully saturated rings. The normalized spacial score (nSPS) is 33.8. The van der Waals surface area contributed by atoms with E-state index in [2.05, 4.69) is 65.4 Å². The highest BCUT2D eigenvalue weighted by Gasteiger charge is 2.51. The molecule has 2 amide bonds. The van der Waals surface area contributed by atoms with Crippen LogP contribution in [0.5, 0.6) is 0 Å². The van der Waals surface area contributed by atoms with Gasteiger partial charge in [0.2, 0.25) is 0 Å². The minimum atomic E-state index is -0.501. The standard InChI is InChI=1S/C39H53N3O4/c1-3-16-42(34-6-4-5-7-34)24-35-26(2)36(32-12-10-28(25-43)11-13-32)46-37(45-35)33-14-8-27(9-15-33)23-40-38(44)41-39-20-29-17-30(21-39)19-31(18-29)22-39/h3,8-15,26,29-31,34-37,43H,1,4-7,16-25H2,2H3,(H2,40,41,44)/t26-,29?,30?,31?,35+,36+,37+,39?/m0/s1. The van der Waals surface area contributed by atoms with Crippen LogP contribution in [0.4, 0.5) is 4.79 Å². The fourth-order valence-corrected chi connectivity index (χ4v) is 9.89. The highest BCUT2D eigenvalue weighted by atomic mass is 16.7. The molecule has 7 heteroatoms. The van der Waals surface area contributed by atoms with Crippen molar-refractivity contribution in [2.75, 3.05) is 13.1 Å². The minimum Gasteiger partial charge on any atom is -0.392 e. The number of aliphatic hydroxyl groups excluding tert-OH is 1. The Bertz CT molecular complexity index is 1300. The second kappa shape index (κ2) is 13.8. The Morgan fingerprint density at radius 2 is 1.54 bits per heavy atom. The lowest BCUT2D eigenvalue weighted by Gasteiger charge is -2.56. The predicted molar refractivity (Wildman–Crippen MR) is 180 cm³/mol. The lowest BCUT2D eigenvalue weighted by molar-refractivity contribution is -0.276. The van der Waals surface area contributed by atoms with E-state index in [0.717, 1.165) is 72.4 Å². The first-order valence-corrected chi connectivity index (χ1v) is 17.9. The zero-order valence-corrected chi connectivity index (χ0v) is 27.5. The first kappa shape index (κ1) is 31.9. The van der Waals surface area contributed by atoms with E-state index in [4.69, 9.17) is 9.47 Å². The molecule has 0 spiro atoms. The predicted octanol–water partition coefficient (Wildman–Crippen LogP) is 7.17. The minimum absolute atomic E-state index is 0.0139. The van der Waals surface area contributed by atoms with Gasteiger partial charge in [-0.05, 0) is 85.8 Å². The maximum absolute atomic E-state index is 13.0. The molecule has 0 aromatic heterocycles. The van der Waals surface area contributed by atoms with Crippen LogP contribution in [0, 0.1) is 23.7 Å². The van der Waals surface area contributed by atoms with Gasteiger partial charge in [0.15, 0.2) is 6.29 Å². The van der Waals surface area contributed by atoms with Crippen molar-refractivity contribution in [1.29, 1.82) is 0 Å². The molecule has 1 saturated heterocycles. The molecule has 248 valence electrons. The Hall–Kier alpha value is -2.71. The average Bonchev–Trinajstić information content (AvgIpc) is 3.59. The van der Waals surface area contributed by atoms with Crippen molar-refractivity contribution in [1.82, 2.24) is 15.5 Å². The van der Waals surface area contributed by atoms with Crippen LogP contribution in [0.1, 0.15) is 106 Å². The number of carbonyl (C=O) groups is 1. The van der Waals surface area contributed by atoms with E-state index in [1.807, 2.05) is 18.2 Å². The highest BCUT2D eigenvalue weighted by molar-refractivity contribution is 5.75. The van der Waals surface area contributed by atoms with Crippen LogP contribution in [-0.2, 0) is 22.6 Å². The summed E-state index contributed by atoms with van der Waals surface area (Å²) in [5.74, 6) is 2.55. The fourth-order valence-electron chi connectivity index (χ4n) is 9.89. The van der Waals surface area contributed by atoms with Gasteiger partial charge in [-0.25, -0.2) is 4.79 Å². The molecule has 5 saturated carbocycles. The number of nitrogens with zero attached hydrogens (tertiary/aromatic N) is 1. The summed E-state index contributed by atoms with van der Waals surface area (Å²) in [6.07, 6.45) is 14.0. The molecular formula is C39H53N3O4. The van der Waals surface area contributed by atoms with Crippen LogP contribution in [0.2, 0.25) is 0 Å². The zero-order chi connectivity index (χ0) is 31.7. The van der Waals surface area contributed by atoms with E-state index in [9.17, 15) is 9.90 Å². The van der Waals surface area contributed by atoms with E-state index >= 15 is 0 Å². The number of benzene rings is 2. The van der Waals surface area contributed by atoms with Crippen molar-refractivity contribution in [2.45, 2.75) is 114 Å². The first-order chi connectivity index (χ1) is 22.4. The first-order valence-electron chi connectivity index (χ1n) is 17.9. The van der Waals surface area contributed by atoms with Gasteiger partial charge in [0.1, 0.15) is 0 Å². The van der Waals surface area contributed by atoms with Crippen LogP contribution < -0.4 is 10.6 Å². The van der Waals surface area contributed by atoms with E-state index in [1.54, 1.807) is 0 Å². The second-order valence-corrected chi connectivity index (χ2v) is 15.2. The van der Waals surface area contributed by atoms with Gasteiger partial charge in [-0.2, -0.15) is 0 Å². The number of ether oxygens (including phenoxy) is 2. The number of carbonyl (C=O) groups excluding carboxylic acids is 1. The third-order valence-corrected chi connectivity index (χ3v) is 11.9. The Morgan fingerprint density at radius 1 is 0.935 bits per heavy atom. The quantitative estimate of drug-likeness (QED) is 0.230. The van der Waals surface area contributed by atoms with Crippen molar-refractivity contribution < 1.29 is 19.4 Å². The molecule has 2 aromatic carbocycles.